The number of hydrogen-bond donors (Lipinski definition) is 2. The van der Waals surface area contributed by atoms with Gasteiger partial charge in [-0.05, 0) is 34.6 Å². The van der Waals surface area contributed by atoms with E-state index in [1.165, 1.54) is 0 Å². The summed E-state index contributed by atoms with van der Waals surface area (Å²) < 4.78 is 7.38. The lowest BCUT2D eigenvalue weighted by Gasteiger charge is -2.15. The van der Waals surface area contributed by atoms with Gasteiger partial charge in [0.1, 0.15) is 5.75 Å². The number of guanidine groups is 1. The topological polar surface area (TPSA) is 76.4 Å². The molecule has 2 aromatic rings. The fourth-order valence-corrected chi connectivity index (χ4v) is 2.96. The van der Waals surface area contributed by atoms with E-state index in [0.29, 0.717) is 13.1 Å². The predicted molar refractivity (Wildman–Crippen MR) is 120 cm³/mol. The third-order valence-corrected chi connectivity index (χ3v) is 4.57. The van der Waals surface area contributed by atoms with Gasteiger partial charge in [-0.15, -0.1) is 24.0 Å². The van der Waals surface area contributed by atoms with Crippen molar-refractivity contribution in [3.63, 3.8) is 0 Å². The van der Waals surface area contributed by atoms with Crippen molar-refractivity contribution in [1.82, 2.24) is 25.4 Å². The maximum Gasteiger partial charge on any atom is 0.191 e. The smallest absolute Gasteiger partial charge is 0.191 e. The quantitative estimate of drug-likeness (QED) is 0.373. The van der Waals surface area contributed by atoms with Gasteiger partial charge in [0.25, 0.3) is 0 Å². The second kappa shape index (κ2) is 10.5. The number of nitrogens with zero attached hydrogens (tertiary/aromatic N) is 4. The largest absolute Gasteiger partial charge is 0.496 e. The number of aliphatic imine (C=N–C) groups is 1. The van der Waals surface area contributed by atoms with Crippen molar-refractivity contribution in [2.75, 3.05) is 13.7 Å². The monoisotopic (exact) mass is 486 g/mol. The Kier molecular flexibility index (Phi) is 9.01. The minimum absolute atomic E-state index is 0. The summed E-state index contributed by atoms with van der Waals surface area (Å²) in [5.74, 6) is 1.65. The van der Waals surface area contributed by atoms with Crippen LogP contribution in [0, 0.1) is 27.7 Å². The standard InChI is InChI=1S/C19H30N6O.HI/c1-8-20-19(22-10-16-14(4)24-25(6)15(16)5)23-11-17-13(3)18(26-7)12(2)9-21-17;/h9H,8,10-11H2,1-7H3,(H2,20,22,23);1H. The van der Waals surface area contributed by atoms with Gasteiger partial charge in [-0.3, -0.25) is 9.67 Å². The molecule has 0 aliphatic heterocycles. The van der Waals surface area contributed by atoms with Crippen LogP contribution in [0.15, 0.2) is 11.2 Å². The molecule has 0 aliphatic carbocycles. The number of rotatable bonds is 6. The Bertz CT molecular complexity index is 800. The van der Waals surface area contributed by atoms with E-state index in [-0.39, 0.29) is 24.0 Å². The van der Waals surface area contributed by atoms with Crippen molar-refractivity contribution in [1.29, 1.82) is 0 Å². The highest BCUT2D eigenvalue weighted by Crippen LogP contribution is 2.23. The molecular formula is C19H31IN6O. The molecule has 7 nitrogen and oxygen atoms in total. The van der Waals surface area contributed by atoms with Crippen LogP contribution in [0.2, 0.25) is 0 Å². The Morgan fingerprint density at radius 3 is 2.48 bits per heavy atom. The zero-order valence-corrected chi connectivity index (χ0v) is 19.6. The maximum atomic E-state index is 5.48. The summed E-state index contributed by atoms with van der Waals surface area (Å²) in [6, 6.07) is 0. The molecule has 0 unspecified atom stereocenters. The minimum atomic E-state index is 0. The maximum absolute atomic E-state index is 5.48. The highest BCUT2D eigenvalue weighted by molar-refractivity contribution is 14.0. The average Bonchev–Trinajstić information content (AvgIpc) is 2.84. The number of methoxy groups -OCH3 is 1. The van der Waals surface area contributed by atoms with Gasteiger partial charge in [-0.25, -0.2) is 4.99 Å². The lowest BCUT2D eigenvalue weighted by molar-refractivity contribution is 0.406. The first-order valence-corrected chi connectivity index (χ1v) is 8.89. The molecular weight excluding hydrogens is 455 g/mol. The van der Waals surface area contributed by atoms with E-state index in [9.17, 15) is 0 Å². The summed E-state index contributed by atoms with van der Waals surface area (Å²) in [4.78, 5) is 9.24. The van der Waals surface area contributed by atoms with Crippen LogP contribution in [0.4, 0.5) is 0 Å². The third kappa shape index (κ3) is 5.57. The number of ether oxygens (including phenoxy) is 1. The molecule has 2 heterocycles. The lowest BCUT2D eigenvalue weighted by atomic mass is 10.1. The van der Waals surface area contributed by atoms with Gasteiger partial charge in [0.2, 0.25) is 0 Å². The molecule has 8 heteroatoms. The van der Waals surface area contributed by atoms with E-state index in [1.54, 1.807) is 7.11 Å². The molecule has 0 bridgehead atoms. The third-order valence-electron chi connectivity index (χ3n) is 4.57. The van der Waals surface area contributed by atoms with Crippen molar-refractivity contribution in [2.24, 2.45) is 12.0 Å². The highest BCUT2D eigenvalue weighted by atomic mass is 127. The molecule has 0 atom stereocenters. The molecule has 0 saturated heterocycles. The second-order valence-electron chi connectivity index (χ2n) is 6.37. The number of pyridine rings is 1. The van der Waals surface area contributed by atoms with E-state index in [1.807, 2.05) is 38.7 Å². The minimum Gasteiger partial charge on any atom is -0.496 e. The predicted octanol–water partition coefficient (Wildman–Crippen LogP) is 2.93. The SMILES string of the molecule is CCNC(=NCc1c(C)nn(C)c1C)NCc1ncc(C)c(OC)c1C.I. The summed E-state index contributed by atoms with van der Waals surface area (Å²) >= 11 is 0. The van der Waals surface area contributed by atoms with Gasteiger partial charge in [0, 0.05) is 42.2 Å². The Balaban J connectivity index is 0.00000364. The first kappa shape index (κ1) is 23.2. The van der Waals surface area contributed by atoms with Crippen LogP contribution in [0.1, 0.15) is 40.7 Å². The van der Waals surface area contributed by atoms with Crippen LogP contribution >= 0.6 is 24.0 Å². The van der Waals surface area contributed by atoms with Crippen molar-refractivity contribution in [2.45, 2.75) is 47.7 Å². The molecule has 0 aliphatic rings. The van der Waals surface area contributed by atoms with Gasteiger partial charge in [0.05, 0.1) is 31.6 Å². The molecule has 2 rings (SSSR count). The van der Waals surface area contributed by atoms with Crippen LogP contribution in [0.25, 0.3) is 0 Å². The molecule has 2 N–H and O–H groups in total. The summed E-state index contributed by atoms with van der Waals surface area (Å²) in [6.45, 7) is 12.1. The van der Waals surface area contributed by atoms with Crippen LogP contribution in [-0.4, -0.2) is 34.4 Å². The molecule has 0 saturated carbocycles. The van der Waals surface area contributed by atoms with Gasteiger partial charge in [-0.1, -0.05) is 0 Å². The summed E-state index contributed by atoms with van der Waals surface area (Å²) in [5, 5.41) is 11.1. The van der Waals surface area contributed by atoms with Crippen molar-refractivity contribution in [3.8, 4) is 5.75 Å². The zero-order chi connectivity index (χ0) is 19.3. The van der Waals surface area contributed by atoms with E-state index >= 15 is 0 Å². The van der Waals surface area contributed by atoms with Crippen LogP contribution in [-0.2, 0) is 20.1 Å². The molecule has 0 amide bonds. The number of aryl methyl sites for hydroxylation is 3. The molecule has 27 heavy (non-hydrogen) atoms. The Morgan fingerprint density at radius 2 is 1.93 bits per heavy atom. The summed E-state index contributed by atoms with van der Waals surface area (Å²) in [6.07, 6.45) is 1.84. The number of halogens is 1. The molecule has 0 aromatic carbocycles. The van der Waals surface area contributed by atoms with Crippen molar-refractivity contribution in [3.05, 3.63) is 40.0 Å². The zero-order valence-electron chi connectivity index (χ0n) is 17.3. The van der Waals surface area contributed by atoms with Crippen LogP contribution in [0.3, 0.4) is 0 Å². The fraction of sp³-hybridized carbons (Fsp3) is 0.526. The average molecular weight is 486 g/mol. The number of hydrogen-bond acceptors (Lipinski definition) is 4. The Hall–Kier alpha value is -1.84. The first-order valence-electron chi connectivity index (χ1n) is 8.89. The Labute approximate surface area is 179 Å². The number of nitrogens with one attached hydrogen (secondary N) is 2. The number of aromatic nitrogens is 3. The summed E-state index contributed by atoms with van der Waals surface area (Å²) in [7, 11) is 3.65. The summed E-state index contributed by atoms with van der Waals surface area (Å²) in [5.41, 5.74) is 6.36. The van der Waals surface area contributed by atoms with Crippen molar-refractivity contribution < 1.29 is 4.74 Å². The second-order valence-corrected chi connectivity index (χ2v) is 6.37. The van der Waals surface area contributed by atoms with Crippen LogP contribution < -0.4 is 15.4 Å². The van der Waals surface area contributed by atoms with Crippen molar-refractivity contribution >= 4 is 29.9 Å². The lowest BCUT2D eigenvalue weighted by Crippen LogP contribution is -2.37. The molecule has 150 valence electrons. The first-order chi connectivity index (χ1) is 12.4. The highest BCUT2D eigenvalue weighted by Gasteiger charge is 2.11. The molecule has 0 spiro atoms. The van der Waals surface area contributed by atoms with Crippen LogP contribution in [0.5, 0.6) is 5.75 Å². The van der Waals surface area contributed by atoms with E-state index in [2.05, 4.69) is 34.6 Å². The van der Waals surface area contributed by atoms with E-state index in [4.69, 9.17) is 9.73 Å². The molecule has 2 aromatic heterocycles. The van der Waals surface area contributed by atoms with Gasteiger partial charge in [-0.2, -0.15) is 5.10 Å². The normalized spacial score (nSPS) is 11.1. The van der Waals surface area contributed by atoms with Gasteiger partial charge in [0.15, 0.2) is 5.96 Å². The van der Waals surface area contributed by atoms with Gasteiger partial charge < -0.3 is 15.4 Å². The molecule has 0 radical (unpaired) electrons. The molecule has 0 fully saturated rings. The van der Waals surface area contributed by atoms with Gasteiger partial charge >= 0.3 is 0 Å². The fourth-order valence-electron chi connectivity index (χ4n) is 2.96. The Morgan fingerprint density at radius 1 is 1.22 bits per heavy atom. The van der Waals surface area contributed by atoms with E-state index in [0.717, 1.165) is 52.0 Å². The van der Waals surface area contributed by atoms with E-state index < -0.39 is 0 Å².